The molecule has 1 aromatic heterocycles. The van der Waals surface area contributed by atoms with Gasteiger partial charge < -0.3 is 10.4 Å². The summed E-state index contributed by atoms with van der Waals surface area (Å²) in [5.41, 5.74) is 1.36. The monoisotopic (exact) mass is 245 g/mol. The van der Waals surface area contributed by atoms with Gasteiger partial charge in [-0.3, -0.25) is 19.6 Å². The normalized spacial score (nSPS) is 12.1. The Morgan fingerprint density at radius 2 is 2.00 bits per heavy atom. The minimum Gasteiger partial charge on any atom is -0.480 e. The SMILES string of the molecule is C[C@@H](NC(=O)c1cccc2nccnc12)C(=O)O. The lowest BCUT2D eigenvalue weighted by Crippen LogP contribution is -2.38. The number of hydrogen-bond donors (Lipinski definition) is 2. The topological polar surface area (TPSA) is 92.2 Å². The zero-order valence-electron chi connectivity index (χ0n) is 9.62. The van der Waals surface area contributed by atoms with Crippen LogP contribution in [0, 0.1) is 0 Å². The van der Waals surface area contributed by atoms with Crippen LogP contribution in [0.15, 0.2) is 30.6 Å². The molecule has 92 valence electrons. The van der Waals surface area contributed by atoms with Gasteiger partial charge >= 0.3 is 5.97 Å². The molecule has 0 radical (unpaired) electrons. The van der Waals surface area contributed by atoms with Gasteiger partial charge in [-0.15, -0.1) is 0 Å². The van der Waals surface area contributed by atoms with Gasteiger partial charge in [0.25, 0.3) is 5.91 Å². The van der Waals surface area contributed by atoms with Crippen molar-refractivity contribution >= 4 is 22.9 Å². The first kappa shape index (κ1) is 12.0. The number of carbonyl (C=O) groups excluding carboxylic acids is 1. The van der Waals surface area contributed by atoms with Crippen LogP contribution in [-0.4, -0.2) is 33.0 Å². The fourth-order valence-electron chi connectivity index (χ4n) is 1.51. The molecular formula is C12H11N3O3. The van der Waals surface area contributed by atoms with E-state index in [9.17, 15) is 9.59 Å². The van der Waals surface area contributed by atoms with Gasteiger partial charge in [0.1, 0.15) is 11.6 Å². The van der Waals surface area contributed by atoms with Gasteiger partial charge in [0.2, 0.25) is 0 Å². The van der Waals surface area contributed by atoms with Crippen LogP contribution in [0.5, 0.6) is 0 Å². The van der Waals surface area contributed by atoms with Crippen LogP contribution in [0.4, 0.5) is 0 Å². The minimum absolute atomic E-state index is 0.314. The maximum atomic E-state index is 11.9. The molecular weight excluding hydrogens is 234 g/mol. The van der Waals surface area contributed by atoms with Crippen molar-refractivity contribution in [2.75, 3.05) is 0 Å². The molecule has 1 heterocycles. The van der Waals surface area contributed by atoms with Crippen molar-refractivity contribution in [3.63, 3.8) is 0 Å². The molecule has 0 aliphatic carbocycles. The highest BCUT2D eigenvalue weighted by molar-refractivity contribution is 6.05. The Labute approximate surface area is 103 Å². The summed E-state index contributed by atoms with van der Waals surface area (Å²) in [6, 6.07) is 4.04. The Morgan fingerprint density at radius 3 is 2.72 bits per heavy atom. The predicted molar refractivity (Wildman–Crippen MR) is 64.1 cm³/mol. The van der Waals surface area contributed by atoms with E-state index >= 15 is 0 Å². The molecule has 2 aromatic rings. The summed E-state index contributed by atoms with van der Waals surface area (Å²) in [6.45, 7) is 1.40. The van der Waals surface area contributed by atoms with E-state index in [1.54, 1.807) is 18.2 Å². The number of para-hydroxylation sites is 1. The number of carbonyl (C=O) groups is 2. The van der Waals surface area contributed by atoms with Crippen molar-refractivity contribution in [2.24, 2.45) is 0 Å². The lowest BCUT2D eigenvalue weighted by atomic mass is 10.1. The largest absolute Gasteiger partial charge is 0.480 e. The number of rotatable bonds is 3. The molecule has 6 heteroatoms. The number of aliphatic carboxylic acids is 1. The van der Waals surface area contributed by atoms with Crippen LogP contribution >= 0.6 is 0 Å². The Hall–Kier alpha value is -2.50. The summed E-state index contributed by atoms with van der Waals surface area (Å²) in [5.74, 6) is -1.56. The highest BCUT2D eigenvalue weighted by atomic mass is 16.4. The van der Waals surface area contributed by atoms with E-state index in [1.807, 2.05) is 0 Å². The molecule has 18 heavy (non-hydrogen) atoms. The van der Waals surface area contributed by atoms with Crippen molar-refractivity contribution in [3.05, 3.63) is 36.2 Å². The second kappa shape index (κ2) is 4.79. The van der Waals surface area contributed by atoms with Gasteiger partial charge in [-0.05, 0) is 19.1 Å². The summed E-state index contributed by atoms with van der Waals surface area (Å²) in [4.78, 5) is 30.8. The van der Waals surface area contributed by atoms with Gasteiger partial charge in [0.05, 0.1) is 11.1 Å². The lowest BCUT2D eigenvalue weighted by Gasteiger charge is -2.10. The smallest absolute Gasteiger partial charge is 0.325 e. The van der Waals surface area contributed by atoms with Gasteiger partial charge in [0.15, 0.2) is 0 Å². The van der Waals surface area contributed by atoms with Gasteiger partial charge in [-0.25, -0.2) is 0 Å². The standard InChI is InChI=1S/C12H11N3O3/c1-7(12(17)18)15-11(16)8-3-2-4-9-10(8)14-6-5-13-9/h2-7H,1H3,(H,15,16)(H,17,18)/t7-/m1/s1. The number of amides is 1. The molecule has 0 bridgehead atoms. The minimum atomic E-state index is -1.09. The first-order valence-corrected chi connectivity index (χ1v) is 5.33. The number of hydrogen-bond acceptors (Lipinski definition) is 4. The average molecular weight is 245 g/mol. The van der Waals surface area contributed by atoms with Gasteiger partial charge in [-0.2, -0.15) is 0 Å². The number of fused-ring (bicyclic) bond motifs is 1. The molecule has 0 unspecified atom stereocenters. The molecule has 0 fully saturated rings. The summed E-state index contributed by atoms with van der Waals surface area (Å²) >= 11 is 0. The number of carboxylic acid groups (broad SMARTS) is 1. The quantitative estimate of drug-likeness (QED) is 0.835. The predicted octanol–water partition coefficient (Wildman–Crippen LogP) is 0.833. The van der Waals surface area contributed by atoms with Crippen LogP contribution in [0.1, 0.15) is 17.3 Å². The number of benzene rings is 1. The van der Waals surface area contributed by atoms with Crippen molar-refractivity contribution in [3.8, 4) is 0 Å². The Bertz CT molecular complexity index is 607. The van der Waals surface area contributed by atoms with E-state index in [2.05, 4.69) is 15.3 Å². The van der Waals surface area contributed by atoms with E-state index in [1.165, 1.54) is 19.3 Å². The fourth-order valence-corrected chi connectivity index (χ4v) is 1.51. The zero-order chi connectivity index (χ0) is 13.1. The summed E-state index contributed by atoms with van der Waals surface area (Å²) < 4.78 is 0. The Kier molecular flexibility index (Phi) is 3.18. The first-order chi connectivity index (χ1) is 8.59. The van der Waals surface area contributed by atoms with Crippen LogP contribution in [0.25, 0.3) is 11.0 Å². The maximum absolute atomic E-state index is 11.9. The highest BCUT2D eigenvalue weighted by Crippen LogP contribution is 2.13. The number of carboxylic acids is 1. The molecule has 2 N–H and O–H groups in total. The van der Waals surface area contributed by atoms with Crippen molar-refractivity contribution in [1.82, 2.24) is 15.3 Å². The maximum Gasteiger partial charge on any atom is 0.325 e. The average Bonchev–Trinajstić information content (AvgIpc) is 2.37. The van der Waals surface area contributed by atoms with Crippen LogP contribution in [-0.2, 0) is 4.79 Å². The third kappa shape index (κ3) is 2.27. The lowest BCUT2D eigenvalue weighted by molar-refractivity contribution is -0.138. The molecule has 1 amide bonds. The summed E-state index contributed by atoms with van der Waals surface area (Å²) in [7, 11) is 0. The number of aromatic nitrogens is 2. The second-order valence-corrected chi connectivity index (χ2v) is 3.76. The summed E-state index contributed by atoms with van der Waals surface area (Å²) in [6.07, 6.45) is 3.02. The van der Waals surface area contributed by atoms with E-state index < -0.39 is 17.9 Å². The number of nitrogens with zero attached hydrogens (tertiary/aromatic N) is 2. The van der Waals surface area contributed by atoms with Crippen LogP contribution < -0.4 is 5.32 Å². The number of nitrogens with one attached hydrogen (secondary N) is 1. The summed E-state index contributed by atoms with van der Waals surface area (Å²) in [5, 5.41) is 11.1. The van der Waals surface area contributed by atoms with Crippen molar-refractivity contribution in [2.45, 2.75) is 13.0 Å². The van der Waals surface area contributed by atoms with E-state index in [4.69, 9.17) is 5.11 Å². The van der Waals surface area contributed by atoms with Gasteiger partial charge in [0, 0.05) is 12.4 Å². The molecule has 2 rings (SSSR count). The van der Waals surface area contributed by atoms with E-state index in [-0.39, 0.29) is 0 Å². The van der Waals surface area contributed by atoms with Crippen LogP contribution in [0.2, 0.25) is 0 Å². The van der Waals surface area contributed by atoms with Gasteiger partial charge in [-0.1, -0.05) is 6.07 Å². The zero-order valence-corrected chi connectivity index (χ0v) is 9.62. The highest BCUT2D eigenvalue weighted by Gasteiger charge is 2.17. The molecule has 0 saturated carbocycles. The van der Waals surface area contributed by atoms with E-state index in [0.29, 0.717) is 16.6 Å². The molecule has 0 spiro atoms. The molecule has 1 atom stereocenters. The first-order valence-electron chi connectivity index (χ1n) is 5.33. The third-order valence-corrected chi connectivity index (χ3v) is 2.46. The molecule has 0 aliphatic heterocycles. The Morgan fingerprint density at radius 1 is 1.28 bits per heavy atom. The Balaban J connectivity index is 2.36. The molecule has 1 aromatic carbocycles. The van der Waals surface area contributed by atoms with Crippen LogP contribution in [0.3, 0.4) is 0 Å². The van der Waals surface area contributed by atoms with Crippen molar-refractivity contribution < 1.29 is 14.7 Å². The molecule has 0 aliphatic rings. The van der Waals surface area contributed by atoms with Crippen molar-refractivity contribution in [1.29, 1.82) is 0 Å². The molecule has 6 nitrogen and oxygen atoms in total. The van der Waals surface area contributed by atoms with E-state index in [0.717, 1.165) is 0 Å². The fraction of sp³-hybridized carbons (Fsp3) is 0.167. The molecule has 0 saturated heterocycles. The second-order valence-electron chi connectivity index (χ2n) is 3.76. The third-order valence-electron chi connectivity index (χ3n) is 2.46.